The Balaban J connectivity index is 4.01. The molecule has 82 valence electrons. The van der Waals surface area contributed by atoms with Gasteiger partial charge in [0.05, 0.1) is 11.4 Å². The molecule has 0 aliphatic rings. The van der Waals surface area contributed by atoms with Crippen molar-refractivity contribution in [1.82, 2.24) is 5.32 Å². The van der Waals surface area contributed by atoms with E-state index in [0.29, 0.717) is 0 Å². The molecule has 0 rings (SSSR count). The van der Waals surface area contributed by atoms with Gasteiger partial charge >= 0.3 is 6.09 Å². The number of alkyl halides is 1. The summed E-state index contributed by atoms with van der Waals surface area (Å²) in [7, 11) is 0. The summed E-state index contributed by atoms with van der Waals surface area (Å²) in [6, 6.07) is -0.524. The maximum absolute atomic E-state index is 11.2. The largest absolute Gasteiger partial charge is 0.444 e. The molecule has 0 aromatic carbocycles. The van der Waals surface area contributed by atoms with Crippen molar-refractivity contribution in [2.45, 2.75) is 39.3 Å². The van der Waals surface area contributed by atoms with Crippen LogP contribution >= 0.6 is 15.9 Å². The first-order chi connectivity index (χ1) is 6.26. The summed E-state index contributed by atoms with van der Waals surface area (Å²) in [5, 5.41) is 2.67. The number of rotatable bonds is 3. The summed E-state index contributed by atoms with van der Waals surface area (Å²) in [6.45, 7) is 6.92. The van der Waals surface area contributed by atoms with Crippen LogP contribution in [0.25, 0.3) is 0 Å². The minimum atomic E-state index is -0.570. The maximum Gasteiger partial charge on any atom is 0.408 e. The molecule has 5 heteroatoms. The molecule has 0 heterocycles. The third-order valence-electron chi connectivity index (χ3n) is 1.35. The van der Waals surface area contributed by atoms with Crippen LogP contribution in [-0.4, -0.2) is 28.8 Å². The molecular weight excluding hydrogens is 250 g/mol. The highest BCUT2D eigenvalue weighted by atomic mass is 79.9. The van der Waals surface area contributed by atoms with Gasteiger partial charge in [-0.1, -0.05) is 15.9 Å². The Morgan fingerprint density at radius 3 is 2.29 bits per heavy atom. The number of carbonyl (C=O) groups is 2. The van der Waals surface area contributed by atoms with Gasteiger partial charge in [-0.15, -0.1) is 0 Å². The number of nitrogens with one attached hydrogen (secondary N) is 1. The van der Waals surface area contributed by atoms with Crippen LogP contribution in [0, 0.1) is 0 Å². The second-order valence-electron chi connectivity index (χ2n) is 3.97. The number of hydrogen-bond acceptors (Lipinski definition) is 3. The summed E-state index contributed by atoms with van der Waals surface area (Å²) in [5.41, 5.74) is -0.540. The number of ketones is 1. The molecule has 0 aliphatic heterocycles. The lowest BCUT2D eigenvalue weighted by Crippen LogP contribution is -2.42. The van der Waals surface area contributed by atoms with Crippen LogP contribution in [0.3, 0.4) is 0 Å². The molecular formula is C9H16BrNO3. The maximum atomic E-state index is 11.2. The quantitative estimate of drug-likeness (QED) is 0.793. The van der Waals surface area contributed by atoms with Gasteiger partial charge in [0, 0.05) is 0 Å². The minimum absolute atomic E-state index is 0.0872. The SMILES string of the molecule is C[C@H](NC(=O)OC(C)(C)C)C(=O)CBr. The zero-order valence-electron chi connectivity index (χ0n) is 8.89. The molecule has 0 spiro atoms. The first-order valence-electron chi connectivity index (χ1n) is 4.34. The molecule has 0 aromatic rings. The van der Waals surface area contributed by atoms with E-state index >= 15 is 0 Å². The second kappa shape index (κ2) is 5.34. The Bertz CT molecular complexity index is 223. The minimum Gasteiger partial charge on any atom is -0.444 e. The van der Waals surface area contributed by atoms with Gasteiger partial charge in [-0.2, -0.15) is 0 Å². The number of alkyl carbamates (subject to hydrolysis) is 1. The molecule has 0 fully saturated rings. The number of amides is 1. The Morgan fingerprint density at radius 2 is 1.93 bits per heavy atom. The van der Waals surface area contributed by atoms with Crippen molar-refractivity contribution in [1.29, 1.82) is 0 Å². The molecule has 0 unspecified atom stereocenters. The molecule has 1 N–H and O–H groups in total. The standard InChI is InChI=1S/C9H16BrNO3/c1-6(7(12)5-10)11-8(13)14-9(2,3)4/h6H,5H2,1-4H3,(H,11,13)/t6-/m0/s1. The highest BCUT2D eigenvalue weighted by Gasteiger charge is 2.19. The molecule has 0 aliphatic carbocycles. The normalized spacial score (nSPS) is 13.2. The Hall–Kier alpha value is -0.580. The van der Waals surface area contributed by atoms with Crippen LogP contribution in [0.2, 0.25) is 0 Å². The van der Waals surface area contributed by atoms with Crippen molar-refractivity contribution in [2.75, 3.05) is 5.33 Å². The highest BCUT2D eigenvalue weighted by Crippen LogP contribution is 2.06. The molecule has 0 saturated carbocycles. The van der Waals surface area contributed by atoms with Gasteiger partial charge in [0.2, 0.25) is 0 Å². The third kappa shape index (κ3) is 5.96. The number of Topliss-reactive ketones (excluding diaryl/α,β-unsaturated/α-hetero) is 1. The van der Waals surface area contributed by atoms with E-state index in [1.165, 1.54) is 0 Å². The molecule has 14 heavy (non-hydrogen) atoms. The molecule has 0 bridgehead atoms. The zero-order valence-corrected chi connectivity index (χ0v) is 10.5. The summed E-state index contributed by atoms with van der Waals surface area (Å²) < 4.78 is 4.99. The fourth-order valence-electron chi connectivity index (χ4n) is 0.681. The Kier molecular flexibility index (Phi) is 5.12. The van der Waals surface area contributed by atoms with Crippen molar-refractivity contribution in [3.8, 4) is 0 Å². The van der Waals surface area contributed by atoms with Gasteiger partial charge in [-0.25, -0.2) is 4.79 Å². The number of hydrogen-bond donors (Lipinski definition) is 1. The van der Waals surface area contributed by atoms with Crippen LogP contribution in [0.15, 0.2) is 0 Å². The van der Waals surface area contributed by atoms with Gasteiger partial charge in [0.1, 0.15) is 5.60 Å². The number of carbonyl (C=O) groups excluding carboxylic acids is 2. The van der Waals surface area contributed by atoms with E-state index in [1.807, 2.05) is 0 Å². The van der Waals surface area contributed by atoms with Gasteiger partial charge < -0.3 is 10.1 Å². The summed E-state index contributed by atoms with van der Waals surface area (Å²) in [5.74, 6) is -0.0872. The van der Waals surface area contributed by atoms with Gasteiger partial charge in [0.25, 0.3) is 0 Å². The average Bonchev–Trinajstić information content (AvgIpc) is 1.99. The number of ether oxygens (including phenoxy) is 1. The lowest BCUT2D eigenvalue weighted by Gasteiger charge is -2.21. The van der Waals surface area contributed by atoms with Crippen LogP contribution in [0.5, 0.6) is 0 Å². The van der Waals surface area contributed by atoms with Gasteiger partial charge in [-0.05, 0) is 27.7 Å². The fraction of sp³-hybridized carbons (Fsp3) is 0.778. The molecule has 1 atom stereocenters. The predicted octanol–water partition coefficient (Wildman–Crippen LogP) is 1.86. The van der Waals surface area contributed by atoms with Crippen molar-refractivity contribution in [3.05, 3.63) is 0 Å². The van der Waals surface area contributed by atoms with Gasteiger partial charge in [0.15, 0.2) is 5.78 Å². The molecule has 4 nitrogen and oxygen atoms in total. The van der Waals surface area contributed by atoms with E-state index in [9.17, 15) is 9.59 Å². The monoisotopic (exact) mass is 265 g/mol. The van der Waals surface area contributed by atoms with E-state index in [4.69, 9.17) is 4.74 Å². The van der Waals surface area contributed by atoms with Crippen LogP contribution in [0.1, 0.15) is 27.7 Å². The number of halogens is 1. The van der Waals surface area contributed by atoms with Crippen molar-refractivity contribution in [2.24, 2.45) is 0 Å². The average molecular weight is 266 g/mol. The fourth-order valence-corrected chi connectivity index (χ4v) is 1.17. The summed E-state index contributed by atoms with van der Waals surface area (Å²) in [6.07, 6.45) is -0.570. The third-order valence-corrected chi connectivity index (χ3v) is 1.90. The van der Waals surface area contributed by atoms with E-state index in [2.05, 4.69) is 21.2 Å². The van der Waals surface area contributed by atoms with E-state index < -0.39 is 17.7 Å². The Morgan fingerprint density at radius 1 is 1.43 bits per heavy atom. The van der Waals surface area contributed by atoms with E-state index in [0.717, 1.165) is 0 Å². The zero-order chi connectivity index (χ0) is 11.4. The summed E-state index contributed by atoms with van der Waals surface area (Å²) >= 11 is 3.03. The second-order valence-corrected chi connectivity index (χ2v) is 4.53. The van der Waals surface area contributed by atoms with Crippen LogP contribution in [0.4, 0.5) is 4.79 Å². The Labute approximate surface area is 92.5 Å². The molecule has 0 saturated heterocycles. The van der Waals surface area contributed by atoms with E-state index in [-0.39, 0.29) is 11.1 Å². The smallest absolute Gasteiger partial charge is 0.408 e. The van der Waals surface area contributed by atoms with Crippen LogP contribution in [-0.2, 0) is 9.53 Å². The highest BCUT2D eigenvalue weighted by molar-refractivity contribution is 9.09. The van der Waals surface area contributed by atoms with Crippen molar-refractivity contribution >= 4 is 27.8 Å². The first-order valence-corrected chi connectivity index (χ1v) is 5.46. The summed E-state index contributed by atoms with van der Waals surface area (Å²) in [4.78, 5) is 22.3. The topological polar surface area (TPSA) is 55.4 Å². The lowest BCUT2D eigenvalue weighted by atomic mass is 10.2. The van der Waals surface area contributed by atoms with Crippen LogP contribution < -0.4 is 5.32 Å². The first kappa shape index (κ1) is 13.4. The molecule has 0 radical (unpaired) electrons. The van der Waals surface area contributed by atoms with Crippen molar-refractivity contribution in [3.63, 3.8) is 0 Å². The predicted molar refractivity (Wildman–Crippen MR) is 57.6 cm³/mol. The molecule has 1 amide bonds. The lowest BCUT2D eigenvalue weighted by molar-refractivity contribution is -0.118. The van der Waals surface area contributed by atoms with Gasteiger partial charge in [-0.3, -0.25) is 4.79 Å². The molecule has 0 aromatic heterocycles. The van der Waals surface area contributed by atoms with Crippen molar-refractivity contribution < 1.29 is 14.3 Å². The van der Waals surface area contributed by atoms with E-state index in [1.54, 1.807) is 27.7 Å².